The van der Waals surface area contributed by atoms with E-state index in [-0.39, 0.29) is 0 Å². The molecule has 0 spiro atoms. The Morgan fingerprint density at radius 1 is 1.30 bits per heavy atom. The number of nitrogens with zero attached hydrogens (tertiary/aromatic N) is 1. The van der Waals surface area contributed by atoms with Crippen LogP contribution in [0.3, 0.4) is 0 Å². The summed E-state index contributed by atoms with van der Waals surface area (Å²) in [5, 5.41) is 2.23. The highest BCUT2D eigenvalue weighted by Gasteiger charge is 2.44. The highest BCUT2D eigenvalue weighted by molar-refractivity contribution is 9.11. The Hall–Kier alpha value is -0.840. The van der Waals surface area contributed by atoms with Crippen LogP contribution in [0.4, 0.5) is 5.69 Å². The van der Waals surface area contributed by atoms with Gasteiger partial charge in [0.05, 0.1) is 3.79 Å². The van der Waals surface area contributed by atoms with Gasteiger partial charge in [-0.3, -0.25) is 0 Å². The van der Waals surface area contributed by atoms with Crippen molar-refractivity contribution < 1.29 is 0 Å². The van der Waals surface area contributed by atoms with E-state index in [4.69, 9.17) is 5.73 Å². The van der Waals surface area contributed by atoms with Crippen LogP contribution in [-0.2, 0) is 12.0 Å². The third-order valence-corrected chi connectivity index (χ3v) is 5.58. The molecule has 20 heavy (non-hydrogen) atoms. The monoisotopic (exact) mass is 350 g/mol. The van der Waals surface area contributed by atoms with E-state index in [1.165, 1.54) is 27.8 Å². The number of hydrogen-bond donors (Lipinski definition) is 1. The molecular formula is C16H19BrN2S. The number of anilines is 1. The minimum Gasteiger partial charge on any atom is -0.399 e. The average Bonchev–Trinajstić information content (AvgIpc) is 3.06. The molecule has 0 amide bonds. The molecule has 1 aromatic carbocycles. The second-order valence-electron chi connectivity index (χ2n) is 5.83. The Balaban J connectivity index is 1.66. The molecule has 1 aromatic heterocycles. The SMILES string of the molecule is CN(Cc1csc(Br)c1)CC1(c2ccc(N)cc2)CC1. The van der Waals surface area contributed by atoms with Crippen molar-refractivity contribution in [3.63, 3.8) is 0 Å². The molecule has 3 rings (SSSR count). The van der Waals surface area contributed by atoms with E-state index in [9.17, 15) is 0 Å². The summed E-state index contributed by atoms with van der Waals surface area (Å²) >= 11 is 5.28. The third kappa shape index (κ3) is 3.08. The first-order valence-electron chi connectivity index (χ1n) is 6.85. The number of nitrogens with two attached hydrogens (primary N) is 1. The molecule has 0 bridgehead atoms. The summed E-state index contributed by atoms with van der Waals surface area (Å²) in [4.78, 5) is 2.43. The standard InChI is InChI=1S/C16H19BrN2S/c1-19(9-12-8-15(17)20-10-12)11-16(6-7-16)13-2-4-14(18)5-3-13/h2-5,8,10H,6-7,9,11,18H2,1H3. The predicted octanol–water partition coefficient (Wildman–Crippen LogP) is 4.26. The minimum atomic E-state index is 0.357. The molecule has 2 N–H and O–H groups in total. The van der Waals surface area contributed by atoms with Crippen LogP contribution in [0.25, 0.3) is 0 Å². The number of likely N-dealkylation sites (N-methyl/N-ethyl adjacent to an activating group) is 1. The number of nitrogen functional groups attached to an aromatic ring is 1. The summed E-state index contributed by atoms with van der Waals surface area (Å²) in [6.07, 6.45) is 2.57. The zero-order valence-corrected chi connectivity index (χ0v) is 14.0. The maximum Gasteiger partial charge on any atom is 0.0701 e. The van der Waals surface area contributed by atoms with Gasteiger partial charge in [0.2, 0.25) is 0 Å². The summed E-state index contributed by atoms with van der Waals surface area (Å²) in [6, 6.07) is 10.6. The van der Waals surface area contributed by atoms with Crippen LogP contribution in [0.1, 0.15) is 24.0 Å². The van der Waals surface area contributed by atoms with Gasteiger partial charge in [-0.1, -0.05) is 12.1 Å². The van der Waals surface area contributed by atoms with Gasteiger partial charge in [0.1, 0.15) is 0 Å². The lowest BCUT2D eigenvalue weighted by molar-refractivity contribution is 0.295. The molecule has 0 aliphatic heterocycles. The number of hydrogen-bond acceptors (Lipinski definition) is 3. The van der Waals surface area contributed by atoms with Crippen molar-refractivity contribution in [2.45, 2.75) is 24.8 Å². The normalized spacial score (nSPS) is 16.6. The van der Waals surface area contributed by atoms with Gasteiger partial charge in [0, 0.05) is 24.2 Å². The largest absolute Gasteiger partial charge is 0.399 e. The first-order chi connectivity index (χ1) is 9.57. The topological polar surface area (TPSA) is 29.3 Å². The molecule has 1 aliphatic carbocycles. The molecule has 0 saturated heterocycles. The number of benzene rings is 1. The maximum atomic E-state index is 5.78. The lowest BCUT2D eigenvalue weighted by Crippen LogP contribution is -2.28. The fourth-order valence-corrected chi connectivity index (χ4v) is 4.04. The van der Waals surface area contributed by atoms with Crippen LogP contribution in [0, 0.1) is 0 Å². The molecule has 0 atom stereocenters. The lowest BCUT2D eigenvalue weighted by Gasteiger charge is -2.24. The molecular weight excluding hydrogens is 332 g/mol. The summed E-state index contributed by atoms with van der Waals surface area (Å²) in [5.41, 5.74) is 9.81. The Kier molecular flexibility index (Phi) is 3.89. The van der Waals surface area contributed by atoms with E-state index in [0.717, 1.165) is 18.8 Å². The molecule has 4 heteroatoms. The smallest absolute Gasteiger partial charge is 0.0701 e. The van der Waals surface area contributed by atoms with E-state index in [1.54, 1.807) is 11.3 Å². The van der Waals surface area contributed by atoms with Crippen LogP contribution in [0.5, 0.6) is 0 Å². The van der Waals surface area contributed by atoms with Crippen LogP contribution in [0.15, 0.2) is 39.5 Å². The van der Waals surface area contributed by atoms with Crippen LogP contribution in [-0.4, -0.2) is 18.5 Å². The minimum absolute atomic E-state index is 0.357. The van der Waals surface area contributed by atoms with Gasteiger partial charge >= 0.3 is 0 Å². The van der Waals surface area contributed by atoms with Crippen molar-refractivity contribution in [3.05, 3.63) is 50.6 Å². The highest BCUT2D eigenvalue weighted by atomic mass is 79.9. The van der Waals surface area contributed by atoms with Gasteiger partial charge in [-0.2, -0.15) is 0 Å². The molecule has 1 saturated carbocycles. The van der Waals surface area contributed by atoms with E-state index in [0.29, 0.717) is 5.41 Å². The van der Waals surface area contributed by atoms with Crippen molar-refractivity contribution in [1.29, 1.82) is 0 Å². The Bertz CT molecular complexity index is 587. The van der Waals surface area contributed by atoms with Crippen molar-refractivity contribution in [2.75, 3.05) is 19.3 Å². The van der Waals surface area contributed by atoms with E-state index < -0.39 is 0 Å². The Morgan fingerprint density at radius 3 is 2.55 bits per heavy atom. The number of halogens is 1. The van der Waals surface area contributed by atoms with E-state index >= 15 is 0 Å². The molecule has 2 nitrogen and oxygen atoms in total. The number of thiophene rings is 1. The summed E-state index contributed by atoms with van der Waals surface area (Å²) in [5.74, 6) is 0. The van der Waals surface area contributed by atoms with Gasteiger partial charge in [-0.25, -0.2) is 0 Å². The highest BCUT2D eigenvalue weighted by Crippen LogP contribution is 2.48. The lowest BCUT2D eigenvalue weighted by atomic mass is 9.95. The summed E-state index contributed by atoms with van der Waals surface area (Å²) in [7, 11) is 2.21. The van der Waals surface area contributed by atoms with Crippen LogP contribution in [0.2, 0.25) is 0 Å². The molecule has 1 heterocycles. The number of rotatable bonds is 5. The fourth-order valence-electron chi connectivity index (χ4n) is 2.84. The van der Waals surface area contributed by atoms with Gasteiger partial charge < -0.3 is 10.6 Å². The van der Waals surface area contributed by atoms with E-state index in [1.807, 2.05) is 12.1 Å². The van der Waals surface area contributed by atoms with Crippen molar-refractivity contribution in [1.82, 2.24) is 4.90 Å². The molecule has 1 fully saturated rings. The fraction of sp³-hybridized carbons (Fsp3) is 0.375. The zero-order chi connectivity index (χ0) is 14.2. The van der Waals surface area contributed by atoms with E-state index in [2.05, 4.69) is 51.5 Å². The summed E-state index contributed by atoms with van der Waals surface area (Å²) < 4.78 is 1.21. The van der Waals surface area contributed by atoms with Crippen molar-refractivity contribution in [3.8, 4) is 0 Å². The second-order valence-corrected chi connectivity index (χ2v) is 8.12. The summed E-state index contributed by atoms with van der Waals surface area (Å²) in [6.45, 7) is 2.13. The van der Waals surface area contributed by atoms with Crippen molar-refractivity contribution in [2.24, 2.45) is 0 Å². The van der Waals surface area contributed by atoms with Crippen LogP contribution < -0.4 is 5.73 Å². The first-order valence-corrected chi connectivity index (χ1v) is 8.52. The molecule has 0 unspecified atom stereocenters. The molecule has 0 radical (unpaired) electrons. The zero-order valence-electron chi connectivity index (χ0n) is 11.6. The first kappa shape index (κ1) is 14.1. The Morgan fingerprint density at radius 2 is 2.00 bits per heavy atom. The molecule has 1 aliphatic rings. The predicted molar refractivity (Wildman–Crippen MR) is 90.1 cm³/mol. The maximum absolute atomic E-state index is 5.78. The third-order valence-electron chi connectivity index (χ3n) is 4.02. The van der Waals surface area contributed by atoms with Crippen molar-refractivity contribution >= 4 is 33.0 Å². The second kappa shape index (κ2) is 5.51. The van der Waals surface area contributed by atoms with Gasteiger partial charge in [-0.15, -0.1) is 11.3 Å². The average molecular weight is 351 g/mol. The molecule has 2 aromatic rings. The van der Waals surface area contributed by atoms with Crippen LogP contribution >= 0.6 is 27.3 Å². The van der Waals surface area contributed by atoms with Gasteiger partial charge in [0.15, 0.2) is 0 Å². The van der Waals surface area contributed by atoms with Gasteiger partial charge in [-0.05, 0) is 70.5 Å². The quantitative estimate of drug-likeness (QED) is 0.816. The molecule has 106 valence electrons. The van der Waals surface area contributed by atoms with Gasteiger partial charge in [0.25, 0.3) is 0 Å². The Labute approximate surface area is 132 Å².